The Labute approximate surface area is 226 Å². The summed E-state index contributed by atoms with van der Waals surface area (Å²) >= 11 is 0. The smallest absolute Gasteiger partial charge is 0.350 e. The van der Waals surface area contributed by atoms with Crippen LogP contribution >= 0.6 is 0 Å². The molecule has 3 aromatic rings. The molecule has 0 aliphatic heterocycles. The van der Waals surface area contributed by atoms with Gasteiger partial charge in [-0.3, -0.25) is 9.59 Å². The average molecular weight is 596 g/mol. The van der Waals surface area contributed by atoms with Gasteiger partial charge < -0.3 is 15.2 Å². The molecule has 0 unspecified atom stereocenters. The maximum atomic E-state index is 15.5. The van der Waals surface area contributed by atoms with E-state index in [1.54, 1.807) is 5.32 Å². The molecule has 0 radical (unpaired) electrons. The summed E-state index contributed by atoms with van der Waals surface area (Å²) in [7, 11) is 0. The summed E-state index contributed by atoms with van der Waals surface area (Å²) in [5, 5.41) is 8.80. The van der Waals surface area contributed by atoms with Crippen molar-refractivity contribution in [1.29, 1.82) is 0 Å². The van der Waals surface area contributed by atoms with E-state index in [-0.39, 0.29) is 42.1 Å². The molecule has 0 bridgehead atoms. The minimum Gasteiger partial charge on any atom is -0.350 e. The molecule has 1 fully saturated rings. The summed E-state index contributed by atoms with van der Waals surface area (Å²) in [6.07, 6.45) is -10.9. The SMILES string of the molecule is Cc1nonc1C(=O)N(Cc1nc2c(F)c([C@H](CC(F)(F)F)C(=O)NCC(F)F)ccc2[nH]1)C1CCC(F)(F)CC1. The van der Waals surface area contributed by atoms with Gasteiger partial charge in [0.05, 0.1) is 30.9 Å². The van der Waals surface area contributed by atoms with Crippen LogP contribution in [0.25, 0.3) is 11.0 Å². The molecule has 2 aromatic heterocycles. The molecular formula is C24H24F8N6O3. The fraction of sp³-hybridized carbons (Fsp3) is 0.542. The van der Waals surface area contributed by atoms with Gasteiger partial charge in [0.2, 0.25) is 11.8 Å². The average Bonchev–Trinajstić information content (AvgIpc) is 3.50. The third-order valence-electron chi connectivity index (χ3n) is 6.79. The summed E-state index contributed by atoms with van der Waals surface area (Å²) in [5.74, 6) is -8.56. The van der Waals surface area contributed by atoms with Crippen molar-refractivity contribution in [3.63, 3.8) is 0 Å². The second-order valence-electron chi connectivity index (χ2n) is 9.77. The van der Waals surface area contributed by atoms with Crippen molar-refractivity contribution in [3.8, 4) is 0 Å². The first-order chi connectivity index (χ1) is 19.1. The standard InChI is InChI=1S/C24H24F8N6O3/c1-11-19(37-41-36-11)22(40)38(12-4-6-23(28,29)7-5-12)10-17-34-15-3-2-13(18(27)20(15)35-17)14(8-24(30,31)32)21(39)33-9-16(25)26/h2-3,12,14,16H,4-10H2,1H3,(H,33,39)(H,34,35)/t14-/m0/s1. The van der Waals surface area contributed by atoms with Crippen LogP contribution in [-0.2, 0) is 11.3 Å². The van der Waals surface area contributed by atoms with Gasteiger partial charge in [-0.1, -0.05) is 11.2 Å². The summed E-state index contributed by atoms with van der Waals surface area (Å²) < 4.78 is 112. The molecule has 1 atom stereocenters. The first kappa shape index (κ1) is 30.2. The zero-order chi connectivity index (χ0) is 30.1. The highest BCUT2D eigenvalue weighted by Crippen LogP contribution is 2.37. The highest BCUT2D eigenvalue weighted by molar-refractivity contribution is 5.93. The number of hydrogen-bond donors (Lipinski definition) is 2. The van der Waals surface area contributed by atoms with Gasteiger partial charge in [0.25, 0.3) is 12.3 Å². The molecule has 17 heteroatoms. The fourth-order valence-electron chi connectivity index (χ4n) is 4.76. The molecule has 41 heavy (non-hydrogen) atoms. The van der Waals surface area contributed by atoms with E-state index < -0.39 is 85.0 Å². The number of halogens is 8. The number of amides is 2. The lowest BCUT2D eigenvalue weighted by Gasteiger charge is -2.36. The highest BCUT2D eigenvalue weighted by Gasteiger charge is 2.40. The summed E-state index contributed by atoms with van der Waals surface area (Å²) in [4.78, 5) is 33.7. The zero-order valence-corrected chi connectivity index (χ0v) is 21.4. The number of H-pyrrole nitrogens is 1. The Bertz CT molecular complexity index is 1400. The number of imidazole rings is 1. The Morgan fingerprint density at radius 3 is 2.46 bits per heavy atom. The molecule has 0 saturated heterocycles. The van der Waals surface area contributed by atoms with Crippen molar-refractivity contribution in [2.45, 2.75) is 76.1 Å². The van der Waals surface area contributed by atoms with E-state index in [9.17, 15) is 40.3 Å². The highest BCUT2D eigenvalue weighted by atomic mass is 19.4. The van der Waals surface area contributed by atoms with Crippen molar-refractivity contribution in [3.05, 3.63) is 40.7 Å². The Morgan fingerprint density at radius 2 is 1.88 bits per heavy atom. The quantitative estimate of drug-likeness (QED) is 0.335. The second kappa shape index (κ2) is 11.6. The maximum Gasteiger partial charge on any atom is 0.390 e. The summed E-state index contributed by atoms with van der Waals surface area (Å²) in [6.45, 7) is -0.114. The molecule has 4 rings (SSSR count). The van der Waals surface area contributed by atoms with Gasteiger partial charge in [-0.15, -0.1) is 0 Å². The van der Waals surface area contributed by atoms with Crippen LogP contribution in [0.2, 0.25) is 0 Å². The number of carbonyl (C=O) groups is 2. The van der Waals surface area contributed by atoms with Crippen LogP contribution in [-0.4, -0.2) is 68.1 Å². The number of hydrogen-bond acceptors (Lipinski definition) is 6. The van der Waals surface area contributed by atoms with Crippen molar-refractivity contribution in [2.24, 2.45) is 0 Å². The normalized spacial score (nSPS) is 16.7. The number of aryl methyl sites for hydroxylation is 1. The fourth-order valence-corrected chi connectivity index (χ4v) is 4.76. The number of aromatic amines is 1. The minimum atomic E-state index is -4.93. The lowest BCUT2D eigenvalue weighted by Crippen LogP contribution is -2.44. The number of nitrogens with one attached hydrogen (secondary N) is 2. The van der Waals surface area contributed by atoms with Crippen molar-refractivity contribution in [2.75, 3.05) is 6.54 Å². The van der Waals surface area contributed by atoms with E-state index in [2.05, 4.69) is 24.9 Å². The molecule has 2 N–H and O–H groups in total. The lowest BCUT2D eigenvalue weighted by atomic mass is 9.91. The third-order valence-corrected chi connectivity index (χ3v) is 6.79. The predicted molar refractivity (Wildman–Crippen MR) is 125 cm³/mol. The van der Waals surface area contributed by atoms with Crippen LogP contribution in [0.3, 0.4) is 0 Å². The third kappa shape index (κ3) is 7.11. The van der Waals surface area contributed by atoms with E-state index in [0.29, 0.717) is 0 Å². The first-order valence-electron chi connectivity index (χ1n) is 12.4. The molecule has 224 valence electrons. The van der Waals surface area contributed by atoms with Crippen LogP contribution in [0.4, 0.5) is 35.1 Å². The van der Waals surface area contributed by atoms with Gasteiger partial charge in [0, 0.05) is 24.4 Å². The molecule has 0 spiro atoms. The topological polar surface area (TPSA) is 117 Å². The van der Waals surface area contributed by atoms with Gasteiger partial charge in [0.15, 0.2) is 11.5 Å². The number of aromatic nitrogens is 4. The lowest BCUT2D eigenvalue weighted by molar-refractivity contribution is -0.148. The molecule has 1 aromatic carbocycles. The Morgan fingerprint density at radius 1 is 1.20 bits per heavy atom. The van der Waals surface area contributed by atoms with E-state index in [0.717, 1.165) is 12.1 Å². The van der Waals surface area contributed by atoms with Gasteiger partial charge in [0.1, 0.15) is 17.0 Å². The molecule has 2 heterocycles. The van der Waals surface area contributed by atoms with Crippen LogP contribution in [0.5, 0.6) is 0 Å². The number of alkyl halides is 7. The number of benzene rings is 1. The van der Waals surface area contributed by atoms with Crippen LogP contribution < -0.4 is 5.32 Å². The molecule has 9 nitrogen and oxygen atoms in total. The summed E-state index contributed by atoms with van der Waals surface area (Å²) in [6, 6.07) is 1.39. The predicted octanol–water partition coefficient (Wildman–Crippen LogP) is 5.03. The van der Waals surface area contributed by atoms with Gasteiger partial charge in [-0.2, -0.15) is 13.2 Å². The number of rotatable bonds is 9. The van der Waals surface area contributed by atoms with Crippen molar-refractivity contribution < 1.29 is 49.3 Å². The van der Waals surface area contributed by atoms with Crippen LogP contribution in [0, 0.1) is 12.7 Å². The second-order valence-corrected chi connectivity index (χ2v) is 9.77. The van der Waals surface area contributed by atoms with E-state index >= 15 is 4.39 Å². The Hall–Kier alpha value is -3.79. The Balaban J connectivity index is 1.66. The van der Waals surface area contributed by atoms with Gasteiger partial charge in [-0.25, -0.2) is 31.6 Å². The number of carbonyl (C=O) groups excluding carboxylic acids is 2. The molecule has 1 aliphatic rings. The van der Waals surface area contributed by atoms with Gasteiger partial charge in [-0.05, 0) is 31.0 Å². The minimum absolute atomic E-state index is 0.00172. The van der Waals surface area contributed by atoms with Crippen LogP contribution in [0.1, 0.15) is 65.6 Å². The molecular weight excluding hydrogens is 572 g/mol. The molecule has 1 saturated carbocycles. The zero-order valence-electron chi connectivity index (χ0n) is 21.4. The van der Waals surface area contributed by atoms with Crippen LogP contribution in [0.15, 0.2) is 16.8 Å². The number of nitrogens with zero attached hydrogens (tertiary/aromatic N) is 4. The monoisotopic (exact) mass is 596 g/mol. The van der Waals surface area contributed by atoms with Crippen molar-refractivity contribution in [1.82, 2.24) is 30.5 Å². The van der Waals surface area contributed by atoms with E-state index in [4.69, 9.17) is 0 Å². The first-order valence-corrected chi connectivity index (χ1v) is 12.4. The largest absolute Gasteiger partial charge is 0.390 e. The Kier molecular flexibility index (Phi) is 8.54. The maximum absolute atomic E-state index is 15.5. The molecule has 1 aliphatic carbocycles. The van der Waals surface area contributed by atoms with E-state index in [1.165, 1.54) is 11.8 Å². The number of fused-ring (bicyclic) bond motifs is 1. The van der Waals surface area contributed by atoms with Crippen molar-refractivity contribution >= 4 is 22.8 Å². The van der Waals surface area contributed by atoms with Gasteiger partial charge >= 0.3 is 6.18 Å². The molecule has 2 amide bonds. The van der Waals surface area contributed by atoms with E-state index in [1.807, 2.05) is 0 Å². The summed E-state index contributed by atoms with van der Waals surface area (Å²) in [5.41, 5.74) is -1.21.